The van der Waals surface area contributed by atoms with Crippen LogP contribution < -0.4 is 4.74 Å². The molecule has 0 saturated carbocycles. The number of ether oxygens (including phenoxy) is 1. The molecule has 24 heavy (non-hydrogen) atoms. The maximum atomic E-state index is 11.0. The molecule has 0 saturated heterocycles. The van der Waals surface area contributed by atoms with Gasteiger partial charge in [0.25, 0.3) is 0 Å². The largest absolute Gasteiger partial charge is 0.508 e. The van der Waals surface area contributed by atoms with E-state index in [1.54, 1.807) is 43.3 Å². The first-order valence-electron chi connectivity index (χ1n) is 7.53. The zero-order valence-electron chi connectivity index (χ0n) is 13.8. The minimum absolute atomic E-state index is 0.0139. The molecular formula is C19H21ClO4. The van der Waals surface area contributed by atoms with Crippen LogP contribution in [0.5, 0.6) is 11.5 Å². The van der Waals surface area contributed by atoms with Gasteiger partial charge in [-0.25, -0.2) is 0 Å². The predicted octanol–water partition coefficient (Wildman–Crippen LogP) is 4.49. The van der Waals surface area contributed by atoms with E-state index in [0.717, 1.165) is 12.2 Å². The standard InChI is InChI=1S/C11H13ClO2.C8H8O2/c1-9(13)10-3-5-11(6-4-10)14-8-2-7-12;1-6(9)7-2-4-8(10)5-3-7/h3-6H,2,7-8H2,1H3;2-5,10H,1H3. The first-order chi connectivity index (χ1) is 11.4. The van der Waals surface area contributed by atoms with Crippen molar-refractivity contribution in [3.05, 3.63) is 59.7 Å². The molecule has 0 aliphatic rings. The molecule has 2 rings (SSSR count). The third kappa shape index (κ3) is 7.29. The van der Waals surface area contributed by atoms with Gasteiger partial charge in [0, 0.05) is 17.0 Å². The fourth-order valence-corrected chi connectivity index (χ4v) is 1.84. The van der Waals surface area contributed by atoms with Gasteiger partial charge in [-0.3, -0.25) is 9.59 Å². The first-order valence-corrected chi connectivity index (χ1v) is 8.07. The van der Waals surface area contributed by atoms with Crippen molar-refractivity contribution in [2.24, 2.45) is 0 Å². The summed E-state index contributed by atoms with van der Waals surface area (Å²) in [4.78, 5) is 21.6. The van der Waals surface area contributed by atoms with Gasteiger partial charge in [-0.2, -0.15) is 0 Å². The molecule has 0 unspecified atom stereocenters. The molecule has 0 aliphatic carbocycles. The van der Waals surface area contributed by atoms with Crippen molar-refractivity contribution in [1.29, 1.82) is 0 Å². The highest BCUT2D eigenvalue weighted by Gasteiger charge is 1.99. The Kier molecular flexibility index (Phi) is 8.58. The fourth-order valence-electron chi connectivity index (χ4n) is 1.73. The van der Waals surface area contributed by atoms with E-state index in [4.69, 9.17) is 21.4 Å². The summed E-state index contributed by atoms with van der Waals surface area (Å²) in [6.45, 7) is 3.65. The summed E-state index contributed by atoms with van der Waals surface area (Å²) >= 11 is 5.51. The van der Waals surface area contributed by atoms with E-state index < -0.39 is 0 Å². The molecule has 4 nitrogen and oxygen atoms in total. The predicted molar refractivity (Wildman–Crippen MR) is 95.4 cm³/mol. The number of carbonyl (C=O) groups excluding carboxylic acids is 2. The van der Waals surface area contributed by atoms with Crippen LogP contribution in [0.3, 0.4) is 0 Å². The Morgan fingerprint density at radius 2 is 1.38 bits per heavy atom. The van der Waals surface area contributed by atoms with Gasteiger partial charge in [-0.15, -0.1) is 11.6 Å². The van der Waals surface area contributed by atoms with Crippen molar-refractivity contribution >= 4 is 23.2 Å². The molecule has 0 bridgehead atoms. The lowest BCUT2D eigenvalue weighted by Gasteiger charge is -2.04. The molecule has 2 aromatic carbocycles. The molecule has 0 amide bonds. The Hall–Kier alpha value is -2.33. The molecule has 1 N–H and O–H groups in total. The van der Waals surface area contributed by atoms with Crippen LogP contribution in [0.4, 0.5) is 0 Å². The number of phenolic OH excluding ortho intramolecular Hbond substituents is 1. The fraction of sp³-hybridized carbons (Fsp3) is 0.263. The average Bonchev–Trinajstić information content (AvgIpc) is 2.56. The summed E-state index contributed by atoms with van der Waals surface area (Å²) in [6.07, 6.45) is 0.829. The topological polar surface area (TPSA) is 63.6 Å². The normalized spacial score (nSPS) is 9.62. The number of aromatic hydroxyl groups is 1. The summed E-state index contributed by atoms with van der Waals surface area (Å²) in [7, 11) is 0. The van der Waals surface area contributed by atoms with Crippen LogP contribution in [0.25, 0.3) is 0 Å². The molecule has 0 heterocycles. The zero-order chi connectivity index (χ0) is 17.9. The van der Waals surface area contributed by atoms with Crippen LogP contribution in [-0.4, -0.2) is 29.2 Å². The van der Waals surface area contributed by atoms with Crippen LogP contribution in [0, 0.1) is 0 Å². The van der Waals surface area contributed by atoms with Crippen LogP contribution in [-0.2, 0) is 0 Å². The minimum Gasteiger partial charge on any atom is -0.508 e. The number of carbonyl (C=O) groups is 2. The molecule has 0 aliphatic heterocycles. The van der Waals surface area contributed by atoms with Crippen molar-refractivity contribution in [2.75, 3.05) is 12.5 Å². The Bertz CT molecular complexity index is 648. The highest BCUT2D eigenvalue weighted by atomic mass is 35.5. The Labute approximate surface area is 147 Å². The summed E-state index contributed by atoms with van der Waals surface area (Å²) < 4.78 is 5.39. The van der Waals surface area contributed by atoms with Gasteiger partial charge in [0.1, 0.15) is 11.5 Å². The molecule has 0 fully saturated rings. The second kappa shape index (κ2) is 10.4. The van der Waals surface area contributed by atoms with Crippen LogP contribution >= 0.6 is 11.6 Å². The number of hydrogen-bond acceptors (Lipinski definition) is 4. The second-order valence-electron chi connectivity index (χ2n) is 5.07. The van der Waals surface area contributed by atoms with E-state index in [9.17, 15) is 9.59 Å². The van der Waals surface area contributed by atoms with E-state index in [1.165, 1.54) is 19.1 Å². The minimum atomic E-state index is 0.0139. The number of rotatable bonds is 6. The van der Waals surface area contributed by atoms with E-state index in [2.05, 4.69) is 0 Å². The average molecular weight is 349 g/mol. The lowest BCUT2D eigenvalue weighted by atomic mass is 10.1. The molecule has 0 atom stereocenters. The number of alkyl halides is 1. The summed E-state index contributed by atoms with van der Waals surface area (Å²) in [5, 5.41) is 8.83. The van der Waals surface area contributed by atoms with Gasteiger partial charge in [0.05, 0.1) is 6.61 Å². The van der Waals surface area contributed by atoms with E-state index >= 15 is 0 Å². The van der Waals surface area contributed by atoms with E-state index in [1.807, 2.05) is 0 Å². The number of ketones is 2. The molecule has 0 aromatic heterocycles. The van der Waals surface area contributed by atoms with E-state index in [-0.39, 0.29) is 17.3 Å². The number of halogens is 1. The molecular weight excluding hydrogens is 328 g/mol. The van der Waals surface area contributed by atoms with Crippen molar-refractivity contribution in [3.63, 3.8) is 0 Å². The Morgan fingerprint density at radius 3 is 1.79 bits per heavy atom. The molecule has 0 spiro atoms. The number of Topliss-reactive ketones (excluding diaryl/α,β-unsaturated/α-hetero) is 2. The highest BCUT2D eigenvalue weighted by molar-refractivity contribution is 6.17. The number of hydrogen-bond donors (Lipinski definition) is 1. The maximum absolute atomic E-state index is 11.0. The first kappa shape index (κ1) is 19.7. The number of benzene rings is 2. The van der Waals surface area contributed by atoms with Crippen molar-refractivity contribution < 1.29 is 19.4 Å². The Morgan fingerprint density at radius 1 is 0.917 bits per heavy atom. The van der Waals surface area contributed by atoms with Crippen molar-refractivity contribution in [1.82, 2.24) is 0 Å². The van der Waals surface area contributed by atoms with Crippen LogP contribution in [0.1, 0.15) is 41.0 Å². The van der Waals surface area contributed by atoms with Gasteiger partial charge < -0.3 is 9.84 Å². The van der Waals surface area contributed by atoms with Gasteiger partial charge in [0.2, 0.25) is 0 Å². The third-order valence-corrected chi connectivity index (χ3v) is 3.35. The lowest BCUT2D eigenvalue weighted by Crippen LogP contribution is -1.98. The maximum Gasteiger partial charge on any atom is 0.159 e. The van der Waals surface area contributed by atoms with Gasteiger partial charge in [-0.1, -0.05) is 0 Å². The molecule has 5 heteroatoms. The zero-order valence-corrected chi connectivity index (χ0v) is 14.5. The number of phenols is 1. The third-order valence-electron chi connectivity index (χ3n) is 3.08. The second-order valence-corrected chi connectivity index (χ2v) is 5.45. The molecule has 2 aromatic rings. The van der Waals surface area contributed by atoms with Gasteiger partial charge in [0.15, 0.2) is 11.6 Å². The van der Waals surface area contributed by atoms with Crippen molar-refractivity contribution in [3.8, 4) is 11.5 Å². The van der Waals surface area contributed by atoms with Gasteiger partial charge in [-0.05, 0) is 68.8 Å². The molecule has 128 valence electrons. The Balaban J connectivity index is 0.000000254. The monoisotopic (exact) mass is 348 g/mol. The summed E-state index contributed by atoms with van der Waals surface area (Å²) in [5.74, 6) is 1.65. The lowest BCUT2D eigenvalue weighted by molar-refractivity contribution is 0.100. The van der Waals surface area contributed by atoms with Crippen LogP contribution in [0.15, 0.2) is 48.5 Å². The summed E-state index contributed by atoms with van der Waals surface area (Å²) in [6, 6.07) is 13.3. The molecule has 0 radical (unpaired) electrons. The van der Waals surface area contributed by atoms with Gasteiger partial charge >= 0.3 is 0 Å². The van der Waals surface area contributed by atoms with E-state index in [0.29, 0.717) is 23.6 Å². The van der Waals surface area contributed by atoms with Crippen LogP contribution in [0.2, 0.25) is 0 Å². The highest BCUT2D eigenvalue weighted by Crippen LogP contribution is 2.12. The quantitative estimate of drug-likeness (QED) is 0.474. The smallest absolute Gasteiger partial charge is 0.159 e. The summed E-state index contributed by atoms with van der Waals surface area (Å²) in [5.41, 5.74) is 1.33. The van der Waals surface area contributed by atoms with Crippen molar-refractivity contribution in [2.45, 2.75) is 20.3 Å². The SMILES string of the molecule is CC(=O)c1ccc(O)cc1.CC(=O)c1ccc(OCCCCl)cc1.